The Hall–Kier alpha value is -3.72. The molecule has 1 aromatic heterocycles. The normalized spacial score (nSPS) is 18.4. The summed E-state index contributed by atoms with van der Waals surface area (Å²) in [6, 6.07) is 11.2. The number of halogens is 5. The number of aromatic nitrogens is 2. The first-order valence-corrected chi connectivity index (χ1v) is 17.5. The van der Waals surface area contributed by atoms with Gasteiger partial charge in [-0.05, 0) is 79.3 Å². The highest BCUT2D eigenvalue weighted by Gasteiger charge is 2.38. The second-order valence-electron chi connectivity index (χ2n) is 12.4. The van der Waals surface area contributed by atoms with E-state index in [1.54, 1.807) is 12.1 Å². The van der Waals surface area contributed by atoms with Crippen LogP contribution in [-0.4, -0.2) is 53.3 Å². The molecule has 7 rings (SSSR count). The van der Waals surface area contributed by atoms with Crippen molar-refractivity contribution in [2.75, 3.05) is 13.2 Å². The maximum Gasteiger partial charge on any atom is 0.419 e. The van der Waals surface area contributed by atoms with Crippen LogP contribution in [0.5, 0.6) is 5.75 Å². The number of carbonyl (C=O) groups excluding carboxylic acids is 1. The predicted molar refractivity (Wildman–Crippen MR) is 169 cm³/mol. The molecule has 1 amide bonds. The fraction of sp³-hybridized carbons (Fsp3) is 0.394. The highest BCUT2D eigenvalue weighted by Crippen LogP contribution is 2.40. The molecule has 0 spiro atoms. The molecule has 15 heteroatoms. The van der Waals surface area contributed by atoms with Gasteiger partial charge in [0.05, 0.1) is 41.0 Å². The fourth-order valence-electron chi connectivity index (χ4n) is 6.04. The van der Waals surface area contributed by atoms with E-state index in [0.29, 0.717) is 80.0 Å². The Balaban J connectivity index is 1.14. The highest BCUT2D eigenvalue weighted by atomic mass is 35.5. The Morgan fingerprint density at radius 2 is 1.88 bits per heavy atom. The van der Waals surface area contributed by atoms with Crippen LogP contribution in [0.2, 0.25) is 5.02 Å². The van der Waals surface area contributed by atoms with Crippen LogP contribution >= 0.6 is 11.6 Å². The summed E-state index contributed by atoms with van der Waals surface area (Å²) < 4.78 is 96.7. The number of hydrogen-bond donors (Lipinski definition) is 1. The van der Waals surface area contributed by atoms with Crippen LogP contribution in [0.25, 0.3) is 11.0 Å². The maximum absolute atomic E-state index is 14.3. The average Bonchev–Trinajstić information content (AvgIpc) is 3.81. The summed E-state index contributed by atoms with van der Waals surface area (Å²) in [6.45, 7) is 1.83. The highest BCUT2D eigenvalue weighted by molar-refractivity contribution is 7.91. The zero-order chi connectivity index (χ0) is 33.8. The smallest absolute Gasteiger partial charge is 0.419 e. The number of hydrogen-bond acceptors (Lipinski definition) is 7. The number of alkyl halides is 3. The summed E-state index contributed by atoms with van der Waals surface area (Å²) in [5.41, 5.74) is 1.81. The lowest BCUT2D eigenvalue weighted by Crippen LogP contribution is -2.34. The SMILES string of the molecule is O=C(NS(=O)(=O)C1CC1)c1ccc2nc(CN3CCc4cc(C(F)(F)F)c(OCc5ccc(Cl)cc5F)cc4C3)n(C[C@@H]3CCO3)c2c1. The molecule has 3 heterocycles. The van der Waals surface area contributed by atoms with Crippen LogP contribution in [-0.2, 0) is 53.6 Å². The standard InChI is InChI=1S/C33H31ClF4N4O5S/c34-23-3-1-21(27(35)14-23)18-47-30-13-22-15-41(9-7-19(22)11-26(30)33(36,37)38)17-31-39-28-6-2-20(32(43)40-48(44,45)25-4-5-25)12-29(28)42(31)16-24-8-10-46-24/h1-3,6,11-14,24-25H,4-5,7-10,15-18H2,(H,40,43)/t24-/m0/s1. The van der Waals surface area contributed by atoms with Crippen molar-refractivity contribution in [3.05, 3.63) is 93.0 Å². The average molecular weight is 707 g/mol. The third-order valence-electron chi connectivity index (χ3n) is 8.93. The third kappa shape index (κ3) is 6.89. The zero-order valence-corrected chi connectivity index (χ0v) is 27.1. The molecule has 3 aliphatic rings. The molecule has 1 aliphatic carbocycles. The lowest BCUT2D eigenvalue weighted by Gasteiger charge is -2.31. The van der Waals surface area contributed by atoms with Gasteiger partial charge in [0, 0.05) is 35.8 Å². The summed E-state index contributed by atoms with van der Waals surface area (Å²) in [4.78, 5) is 19.8. The summed E-state index contributed by atoms with van der Waals surface area (Å²) >= 11 is 5.81. The lowest BCUT2D eigenvalue weighted by atomic mass is 9.96. The molecule has 0 unspecified atom stereocenters. The van der Waals surface area contributed by atoms with Gasteiger partial charge in [0.2, 0.25) is 10.0 Å². The second-order valence-corrected chi connectivity index (χ2v) is 14.8. The van der Waals surface area contributed by atoms with Crippen LogP contribution in [0.15, 0.2) is 48.5 Å². The molecule has 2 aliphatic heterocycles. The van der Waals surface area contributed by atoms with E-state index in [4.69, 9.17) is 26.1 Å². The number of amides is 1. The number of imidazole rings is 1. The van der Waals surface area contributed by atoms with Crippen molar-refractivity contribution in [3.8, 4) is 5.75 Å². The van der Waals surface area contributed by atoms with Crippen molar-refractivity contribution in [1.29, 1.82) is 0 Å². The summed E-state index contributed by atoms with van der Waals surface area (Å²) in [7, 11) is -3.73. The van der Waals surface area contributed by atoms with Crippen molar-refractivity contribution < 1.29 is 40.2 Å². The van der Waals surface area contributed by atoms with E-state index >= 15 is 0 Å². The fourth-order valence-corrected chi connectivity index (χ4v) is 7.49. The minimum atomic E-state index is -4.67. The Morgan fingerprint density at radius 3 is 2.56 bits per heavy atom. The summed E-state index contributed by atoms with van der Waals surface area (Å²) in [6.07, 6.45) is -2.46. The Kier molecular flexibility index (Phi) is 8.63. The van der Waals surface area contributed by atoms with Gasteiger partial charge in [0.25, 0.3) is 5.91 Å². The number of nitrogens with zero attached hydrogens (tertiary/aromatic N) is 3. The molecule has 0 radical (unpaired) electrons. The molecule has 0 bridgehead atoms. The minimum Gasteiger partial charge on any atom is -0.488 e. The van der Waals surface area contributed by atoms with Crippen LogP contribution in [0.4, 0.5) is 17.6 Å². The molecular formula is C33H31ClF4N4O5S. The number of sulfonamides is 1. The van der Waals surface area contributed by atoms with Crippen molar-refractivity contribution in [1.82, 2.24) is 19.2 Å². The number of ether oxygens (including phenoxy) is 2. The van der Waals surface area contributed by atoms with Crippen molar-refractivity contribution in [2.45, 2.75) is 69.5 Å². The molecule has 2 fully saturated rings. The third-order valence-corrected chi connectivity index (χ3v) is 11.0. The van der Waals surface area contributed by atoms with Gasteiger partial charge in [-0.2, -0.15) is 13.2 Å². The van der Waals surface area contributed by atoms with E-state index < -0.39 is 45.3 Å². The molecular weight excluding hydrogens is 676 g/mol. The van der Waals surface area contributed by atoms with Gasteiger partial charge in [0.15, 0.2) is 0 Å². The first-order valence-electron chi connectivity index (χ1n) is 15.5. The number of nitrogens with one attached hydrogen (secondary N) is 1. The predicted octanol–water partition coefficient (Wildman–Crippen LogP) is 6.00. The van der Waals surface area contributed by atoms with Gasteiger partial charge in [-0.1, -0.05) is 17.7 Å². The minimum absolute atomic E-state index is 0.0538. The van der Waals surface area contributed by atoms with Gasteiger partial charge < -0.3 is 14.0 Å². The number of carbonyl (C=O) groups is 1. The van der Waals surface area contributed by atoms with Crippen LogP contribution in [0.3, 0.4) is 0 Å². The lowest BCUT2D eigenvalue weighted by molar-refractivity contribution is -0.139. The summed E-state index contributed by atoms with van der Waals surface area (Å²) in [5.74, 6) is -1.10. The van der Waals surface area contributed by atoms with Gasteiger partial charge in [-0.15, -0.1) is 0 Å². The largest absolute Gasteiger partial charge is 0.488 e. The molecule has 1 saturated carbocycles. The molecule has 1 N–H and O–H groups in total. The molecule has 48 heavy (non-hydrogen) atoms. The van der Waals surface area contributed by atoms with Crippen LogP contribution in [0.1, 0.15) is 57.7 Å². The van der Waals surface area contributed by atoms with Crippen molar-refractivity contribution in [2.24, 2.45) is 0 Å². The Bertz CT molecular complexity index is 2010. The van der Waals surface area contributed by atoms with Crippen LogP contribution in [0, 0.1) is 5.82 Å². The molecule has 254 valence electrons. The second kappa shape index (κ2) is 12.6. The van der Waals surface area contributed by atoms with Gasteiger partial charge >= 0.3 is 6.18 Å². The van der Waals surface area contributed by atoms with Gasteiger partial charge in [-0.25, -0.2) is 22.5 Å². The molecule has 1 atom stereocenters. The molecule has 3 aromatic carbocycles. The van der Waals surface area contributed by atoms with E-state index in [9.17, 15) is 30.8 Å². The summed E-state index contributed by atoms with van der Waals surface area (Å²) in [5, 5.41) is -0.373. The molecule has 4 aromatic rings. The molecule has 1 saturated heterocycles. The van der Waals surface area contributed by atoms with Gasteiger partial charge in [-0.3, -0.25) is 9.69 Å². The topological polar surface area (TPSA) is 103 Å². The Morgan fingerprint density at radius 1 is 1.08 bits per heavy atom. The number of rotatable bonds is 10. The maximum atomic E-state index is 14.3. The van der Waals surface area contributed by atoms with E-state index in [1.165, 1.54) is 24.3 Å². The quantitative estimate of drug-likeness (QED) is 0.202. The van der Waals surface area contributed by atoms with E-state index in [2.05, 4.69) is 9.62 Å². The zero-order valence-electron chi connectivity index (χ0n) is 25.5. The van der Waals surface area contributed by atoms with Gasteiger partial charge in [0.1, 0.15) is 24.0 Å². The van der Waals surface area contributed by atoms with Crippen LogP contribution < -0.4 is 9.46 Å². The van der Waals surface area contributed by atoms with E-state index in [1.807, 2.05) is 4.57 Å². The first kappa shape index (κ1) is 32.8. The first-order chi connectivity index (χ1) is 22.8. The van der Waals surface area contributed by atoms with Crippen molar-refractivity contribution in [3.63, 3.8) is 0 Å². The Labute approximate surface area is 278 Å². The monoisotopic (exact) mass is 706 g/mol. The van der Waals surface area contributed by atoms with E-state index in [0.717, 1.165) is 18.6 Å². The van der Waals surface area contributed by atoms with E-state index in [-0.39, 0.29) is 28.0 Å². The molecule has 9 nitrogen and oxygen atoms in total. The number of fused-ring (bicyclic) bond motifs is 2. The van der Waals surface area contributed by atoms with Crippen molar-refractivity contribution >= 4 is 38.6 Å². The number of benzene rings is 3.